The van der Waals surface area contributed by atoms with E-state index in [0.717, 1.165) is 13.1 Å². The van der Waals surface area contributed by atoms with Gasteiger partial charge in [-0.05, 0) is 17.0 Å². The lowest BCUT2D eigenvalue weighted by Crippen LogP contribution is -2.12. The first-order valence-electron chi connectivity index (χ1n) is 6.09. The van der Waals surface area contributed by atoms with E-state index >= 15 is 0 Å². The van der Waals surface area contributed by atoms with E-state index < -0.39 is 0 Å². The topological polar surface area (TPSA) is 12.0 Å². The molecule has 1 aliphatic heterocycles. The highest BCUT2D eigenvalue weighted by Crippen LogP contribution is 2.29. The molecule has 0 aliphatic carbocycles. The van der Waals surface area contributed by atoms with Crippen LogP contribution < -0.4 is 5.32 Å². The third-order valence-electron chi connectivity index (χ3n) is 3.57. The summed E-state index contributed by atoms with van der Waals surface area (Å²) in [6, 6.07) is 8.67. The van der Waals surface area contributed by atoms with Gasteiger partial charge in [-0.1, -0.05) is 38.1 Å². The van der Waals surface area contributed by atoms with Gasteiger partial charge in [-0.15, -0.1) is 0 Å². The summed E-state index contributed by atoms with van der Waals surface area (Å²) in [4.78, 5) is 0. The minimum Gasteiger partial charge on any atom is -0.316 e. The second-order valence-electron chi connectivity index (χ2n) is 5.00. The predicted octanol–water partition coefficient (Wildman–Crippen LogP) is 3.08. The summed E-state index contributed by atoms with van der Waals surface area (Å²) in [6.45, 7) is 5.89. The van der Waals surface area contributed by atoms with E-state index in [0.29, 0.717) is 11.8 Å². The highest BCUT2D eigenvalue weighted by atomic mass is 19.1. The fourth-order valence-corrected chi connectivity index (χ4v) is 2.41. The van der Waals surface area contributed by atoms with Crippen molar-refractivity contribution in [3.8, 4) is 0 Å². The summed E-state index contributed by atoms with van der Waals surface area (Å²) in [7, 11) is 0. The molecule has 0 radical (unpaired) electrons. The summed E-state index contributed by atoms with van der Waals surface area (Å²) in [5, 5.41) is 3.27. The van der Waals surface area contributed by atoms with Crippen molar-refractivity contribution >= 4 is 0 Å². The number of halogens is 1. The molecule has 0 aromatic heterocycles. The zero-order chi connectivity index (χ0) is 11.5. The molecule has 2 atom stereocenters. The van der Waals surface area contributed by atoms with Crippen LogP contribution in [0.25, 0.3) is 0 Å². The third-order valence-corrected chi connectivity index (χ3v) is 3.57. The Hall–Kier alpha value is -0.890. The van der Waals surface area contributed by atoms with Gasteiger partial charge in [0.2, 0.25) is 0 Å². The molecule has 1 N–H and O–H groups in total. The predicted molar refractivity (Wildman–Crippen MR) is 65.6 cm³/mol. The van der Waals surface area contributed by atoms with Gasteiger partial charge in [0, 0.05) is 24.9 Å². The molecule has 2 heteroatoms. The van der Waals surface area contributed by atoms with Crippen LogP contribution in [0.5, 0.6) is 0 Å². The molecule has 0 saturated carbocycles. The molecule has 1 nitrogen and oxygen atoms in total. The van der Waals surface area contributed by atoms with Crippen LogP contribution in [0.3, 0.4) is 0 Å². The Morgan fingerprint density at radius 2 is 1.94 bits per heavy atom. The molecule has 1 aromatic rings. The minimum atomic E-state index is -0.219. The number of hydrogen-bond donors (Lipinski definition) is 1. The highest BCUT2D eigenvalue weighted by Gasteiger charge is 2.28. The SMILES string of the molecule is CC(C)c1ccc([C@@H]2CNC[C@H]2CF)cc1. The van der Waals surface area contributed by atoms with Crippen LogP contribution in [-0.4, -0.2) is 19.8 Å². The van der Waals surface area contributed by atoms with Crippen LogP contribution in [0.2, 0.25) is 0 Å². The fraction of sp³-hybridized carbons (Fsp3) is 0.571. The van der Waals surface area contributed by atoms with E-state index in [1.807, 2.05) is 0 Å². The molecule has 0 amide bonds. The van der Waals surface area contributed by atoms with Crippen LogP contribution >= 0.6 is 0 Å². The van der Waals surface area contributed by atoms with Crippen molar-refractivity contribution in [1.82, 2.24) is 5.32 Å². The Morgan fingerprint density at radius 3 is 2.50 bits per heavy atom. The minimum absolute atomic E-state index is 0.157. The first kappa shape index (κ1) is 11.6. The van der Waals surface area contributed by atoms with Gasteiger partial charge in [0.15, 0.2) is 0 Å². The average Bonchev–Trinajstić information content (AvgIpc) is 2.77. The summed E-state index contributed by atoms with van der Waals surface area (Å²) < 4.78 is 12.8. The first-order chi connectivity index (χ1) is 7.72. The molecule has 0 bridgehead atoms. The van der Waals surface area contributed by atoms with Crippen LogP contribution in [0.15, 0.2) is 24.3 Å². The normalized spacial score (nSPS) is 25.2. The molecule has 1 fully saturated rings. The van der Waals surface area contributed by atoms with E-state index in [4.69, 9.17) is 0 Å². The molecule has 2 rings (SSSR count). The van der Waals surface area contributed by atoms with Gasteiger partial charge in [-0.2, -0.15) is 0 Å². The van der Waals surface area contributed by atoms with E-state index in [9.17, 15) is 4.39 Å². The molecule has 16 heavy (non-hydrogen) atoms. The largest absolute Gasteiger partial charge is 0.316 e. The Kier molecular flexibility index (Phi) is 3.59. The quantitative estimate of drug-likeness (QED) is 0.827. The number of nitrogens with one attached hydrogen (secondary N) is 1. The molecular weight excluding hydrogens is 201 g/mol. The van der Waals surface area contributed by atoms with Gasteiger partial charge >= 0.3 is 0 Å². The number of hydrogen-bond acceptors (Lipinski definition) is 1. The van der Waals surface area contributed by atoms with Gasteiger partial charge in [0.05, 0.1) is 6.67 Å². The third kappa shape index (κ3) is 2.27. The van der Waals surface area contributed by atoms with E-state index in [1.165, 1.54) is 11.1 Å². The molecule has 0 unspecified atom stereocenters. The maximum atomic E-state index is 12.8. The van der Waals surface area contributed by atoms with Gasteiger partial charge < -0.3 is 5.32 Å². The zero-order valence-electron chi connectivity index (χ0n) is 10.0. The van der Waals surface area contributed by atoms with Crippen LogP contribution in [0.1, 0.15) is 36.8 Å². The second kappa shape index (κ2) is 4.96. The standard InChI is InChI=1S/C14H20FN/c1-10(2)11-3-5-12(6-4-11)14-9-16-8-13(14)7-15/h3-6,10,13-14,16H,7-9H2,1-2H3/t13-,14+/m1/s1. The number of benzene rings is 1. The summed E-state index contributed by atoms with van der Waals surface area (Å²) in [5.74, 6) is 1.07. The van der Waals surface area contributed by atoms with E-state index in [2.05, 4.69) is 43.4 Å². The Balaban J connectivity index is 2.15. The van der Waals surface area contributed by atoms with Gasteiger partial charge in [-0.3, -0.25) is 4.39 Å². The lowest BCUT2D eigenvalue weighted by Gasteiger charge is -2.16. The Bertz CT molecular complexity index is 331. The molecule has 1 heterocycles. The van der Waals surface area contributed by atoms with Gasteiger partial charge in [-0.25, -0.2) is 0 Å². The summed E-state index contributed by atoms with van der Waals surface area (Å²) in [6.07, 6.45) is 0. The summed E-state index contributed by atoms with van der Waals surface area (Å²) in [5.41, 5.74) is 2.63. The molecule has 1 saturated heterocycles. The van der Waals surface area contributed by atoms with Gasteiger partial charge in [0.1, 0.15) is 0 Å². The highest BCUT2D eigenvalue weighted by molar-refractivity contribution is 5.28. The van der Waals surface area contributed by atoms with Gasteiger partial charge in [0.25, 0.3) is 0 Å². The van der Waals surface area contributed by atoms with Crippen LogP contribution in [0.4, 0.5) is 4.39 Å². The maximum absolute atomic E-state index is 12.8. The molecule has 0 spiro atoms. The van der Waals surface area contributed by atoms with Crippen molar-refractivity contribution in [2.45, 2.75) is 25.7 Å². The maximum Gasteiger partial charge on any atom is 0.0941 e. The van der Waals surface area contributed by atoms with Crippen molar-refractivity contribution in [3.05, 3.63) is 35.4 Å². The van der Waals surface area contributed by atoms with E-state index in [-0.39, 0.29) is 12.6 Å². The lowest BCUT2D eigenvalue weighted by atomic mass is 9.88. The summed E-state index contributed by atoms with van der Waals surface area (Å²) >= 11 is 0. The Morgan fingerprint density at radius 1 is 1.25 bits per heavy atom. The molecular formula is C14H20FN. The number of rotatable bonds is 3. The zero-order valence-corrected chi connectivity index (χ0v) is 10.0. The second-order valence-corrected chi connectivity index (χ2v) is 5.00. The van der Waals surface area contributed by atoms with E-state index in [1.54, 1.807) is 0 Å². The van der Waals surface area contributed by atoms with Crippen molar-refractivity contribution in [3.63, 3.8) is 0 Å². The average molecular weight is 221 g/mol. The van der Waals surface area contributed by atoms with Crippen LogP contribution in [0, 0.1) is 5.92 Å². The lowest BCUT2D eigenvalue weighted by molar-refractivity contribution is 0.358. The van der Waals surface area contributed by atoms with Crippen molar-refractivity contribution < 1.29 is 4.39 Å². The molecule has 88 valence electrons. The monoisotopic (exact) mass is 221 g/mol. The van der Waals surface area contributed by atoms with Crippen molar-refractivity contribution in [1.29, 1.82) is 0 Å². The number of alkyl halides is 1. The molecule has 1 aliphatic rings. The Labute approximate surface area is 97.1 Å². The smallest absolute Gasteiger partial charge is 0.0941 e. The van der Waals surface area contributed by atoms with Crippen molar-refractivity contribution in [2.24, 2.45) is 5.92 Å². The first-order valence-corrected chi connectivity index (χ1v) is 6.09. The fourth-order valence-electron chi connectivity index (χ4n) is 2.41. The van der Waals surface area contributed by atoms with Crippen LogP contribution in [-0.2, 0) is 0 Å². The molecule has 1 aromatic carbocycles. The van der Waals surface area contributed by atoms with Crippen molar-refractivity contribution in [2.75, 3.05) is 19.8 Å².